The van der Waals surface area contributed by atoms with Crippen LogP contribution in [0.25, 0.3) is 0 Å². The standard InChI is InChI=1S/C10H12N2O3S/c1-7(13)11-5-8-6-12(10(14)15-8)9-3-2-4-16-9/h2-4,8H,5-6H2,1H3,(H,11,13). The van der Waals surface area contributed by atoms with Crippen LogP contribution in [0.15, 0.2) is 17.5 Å². The van der Waals surface area contributed by atoms with Crippen LogP contribution in [0, 0.1) is 0 Å². The van der Waals surface area contributed by atoms with Gasteiger partial charge in [-0.2, -0.15) is 0 Å². The van der Waals surface area contributed by atoms with E-state index in [9.17, 15) is 9.59 Å². The van der Waals surface area contributed by atoms with Gasteiger partial charge in [-0.15, -0.1) is 11.3 Å². The second kappa shape index (κ2) is 4.52. The number of hydrogen-bond acceptors (Lipinski definition) is 4. The van der Waals surface area contributed by atoms with Crippen LogP contribution in [0.3, 0.4) is 0 Å². The van der Waals surface area contributed by atoms with Crippen molar-refractivity contribution < 1.29 is 14.3 Å². The van der Waals surface area contributed by atoms with Gasteiger partial charge in [0.05, 0.1) is 13.1 Å². The second-order valence-corrected chi connectivity index (χ2v) is 4.43. The Kier molecular flexibility index (Phi) is 3.09. The number of nitrogens with one attached hydrogen (secondary N) is 1. The minimum absolute atomic E-state index is 0.120. The average Bonchev–Trinajstić information content (AvgIpc) is 2.83. The van der Waals surface area contributed by atoms with Crippen molar-refractivity contribution in [2.24, 2.45) is 0 Å². The summed E-state index contributed by atoms with van der Waals surface area (Å²) in [5, 5.41) is 5.41. The number of carbonyl (C=O) groups excluding carboxylic acids is 2. The number of thiophene rings is 1. The summed E-state index contributed by atoms with van der Waals surface area (Å²) < 4.78 is 5.13. The fourth-order valence-electron chi connectivity index (χ4n) is 1.49. The van der Waals surface area contributed by atoms with Gasteiger partial charge in [0.25, 0.3) is 0 Å². The Morgan fingerprint density at radius 1 is 1.75 bits per heavy atom. The molecule has 86 valence electrons. The summed E-state index contributed by atoms with van der Waals surface area (Å²) in [4.78, 5) is 23.8. The first-order chi connectivity index (χ1) is 7.66. The van der Waals surface area contributed by atoms with Gasteiger partial charge in [-0.05, 0) is 17.5 Å². The highest BCUT2D eigenvalue weighted by Crippen LogP contribution is 2.25. The van der Waals surface area contributed by atoms with E-state index in [-0.39, 0.29) is 18.1 Å². The molecule has 0 saturated carbocycles. The minimum Gasteiger partial charge on any atom is -0.442 e. The second-order valence-electron chi connectivity index (χ2n) is 3.50. The molecule has 1 aliphatic heterocycles. The van der Waals surface area contributed by atoms with Gasteiger partial charge < -0.3 is 10.1 Å². The molecule has 0 radical (unpaired) electrons. The highest BCUT2D eigenvalue weighted by Gasteiger charge is 2.32. The number of hydrogen-bond donors (Lipinski definition) is 1. The van der Waals surface area contributed by atoms with E-state index in [4.69, 9.17) is 4.74 Å². The van der Waals surface area contributed by atoms with Gasteiger partial charge in [-0.3, -0.25) is 9.69 Å². The minimum atomic E-state index is -0.349. The average molecular weight is 240 g/mol. The number of amides is 2. The molecule has 1 atom stereocenters. The number of carbonyl (C=O) groups is 2. The van der Waals surface area contributed by atoms with Gasteiger partial charge in [0, 0.05) is 6.92 Å². The number of nitrogens with zero attached hydrogens (tertiary/aromatic N) is 1. The molecule has 1 aromatic rings. The molecule has 1 aromatic heterocycles. The van der Waals surface area contributed by atoms with Crippen molar-refractivity contribution in [2.45, 2.75) is 13.0 Å². The van der Waals surface area contributed by atoms with E-state index in [1.807, 2.05) is 17.5 Å². The van der Waals surface area contributed by atoms with Gasteiger partial charge >= 0.3 is 6.09 Å². The maximum Gasteiger partial charge on any atom is 0.415 e. The monoisotopic (exact) mass is 240 g/mol. The summed E-state index contributed by atoms with van der Waals surface area (Å²) in [7, 11) is 0. The molecule has 1 unspecified atom stereocenters. The van der Waals surface area contributed by atoms with Crippen LogP contribution in [0.4, 0.5) is 9.80 Å². The molecule has 1 fully saturated rings. The summed E-state index contributed by atoms with van der Waals surface area (Å²) in [6.45, 7) is 2.29. The maximum absolute atomic E-state index is 11.5. The SMILES string of the molecule is CC(=O)NCC1CN(c2cccs2)C(=O)O1. The summed E-state index contributed by atoms with van der Waals surface area (Å²) >= 11 is 1.49. The zero-order valence-electron chi connectivity index (χ0n) is 8.80. The Morgan fingerprint density at radius 2 is 2.56 bits per heavy atom. The van der Waals surface area contributed by atoms with E-state index in [0.717, 1.165) is 5.00 Å². The topological polar surface area (TPSA) is 58.6 Å². The van der Waals surface area contributed by atoms with E-state index in [2.05, 4.69) is 5.32 Å². The summed E-state index contributed by atoms with van der Waals surface area (Å²) in [6.07, 6.45) is -0.615. The Morgan fingerprint density at radius 3 is 3.19 bits per heavy atom. The van der Waals surface area contributed by atoms with Crippen molar-refractivity contribution in [3.05, 3.63) is 17.5 Å². The first-order valence-electron chi connectivity index (χ1n) is 4.93. The Labute approximate surface area is 97.0 Å². The van der Waals surface area contributed by atoms with Crippen LogP contribution < -0.4 is 10.2 Å². The molecule has 5 nitrogen and oxygen atoms in total. The van der Waals surface area contributed by atoms with Gasteiger partial charge in [0.15, 0.2) is 0 Å². The van der Waals surface area contributed by atoms with Crippen LogP contribution in [0.5, 0.6) is 0 Å². The first kappa shape index (κ1) is 10.9. The molecule has 6 heteroatoms. The summed E-state index contributed by atoms with van der Waals surface area (Å²) in [6, 6.07) is 3.75. The normalized spacial score (nSPS) is 19.7. The molecule has 2 heterocycles. The first-order valence-corrected chi connectivity index (χ1v) is 5.81. The molecule has 2 rings (SSSR count). The van der Waals surface area contributed by atoms with Crippen molar-refractivity contribution in [1.82, 2.24) is 5.32 Å². The predicted molar refractivity (Wildman–Crippen MR) is 60.6 cm³/mol. The zero-order chi connectivity index (χ0) is 11.5. The smallest absolute Gasteiger partial charge is 0.415 e. The molecular formula is C10H12N2O3S. The lowest BCUT2D eigenvalue weighted by Crippen LogP contribution is -2.33. The predicted octanol–water partition coefficient (Wildman–Crippen LogP) is 1.21. The van der Waals surface area contributed by atoms with Crippen LogP contribution in [-0.2, 0) is 9.53 Å². The van der Waals surface area contributed by atoms with Crippen molar-refractivity contribution >= 4 is 28.3 Å². The van der Waals surface area contributed by atoms with Gasteiger partial charge in [-0.1, -0.05) is 0 Å². The molecule has 0 aliphatic carbocycles. The maximum atomic E-state index is 11.5. The molecule has 0 aromatic carbocycles. The number of ether oxygens (including phenoxy) is 1. The third kappa shape index (κ3) is 2.33. The van der Waals surface area contributed by atoms with E-state index < -0.39 is 0 Å². The van der Waals surface area contributed by atoms with E-state index >= 15 is 0 Å². The van der Waals surface area contributed by atoms with Crippen molar-refractivity contribution in [2.75, 3.05) is 18.0 Å². The quantitative estimate of drug-likeness (QED) is 0.864. The lowest BCUT2D eigenvalue weighted by molar-refractivity contribution is -0.119. The number of cyclic esters (lactones) is 1. The Bertz CT molecular complexity index is 391. The van der Waals surface area contributed by atoms with Crippen LogP contribution in [0.2, 0.25) is 0 Å². The lowest BCUT2D eigenvalue weighted by Gasteiger charge is -2.09. The lowest BCUT2D eigenvalue weighted by atomic mass is 10.3. The fraction of sp³-hybridized carbons (Fsp3) is 0.400. The largest absolute Gasteiger partial charge is 0.442 e. The highest BCUT2D eigenvalue weighted by atomic mass is 32.1. The van der Waals surface area contributed by atoms with Crippen molar-refractivity contribution in [3.8, 4) is 0 Å². The number of anilines is 1. The van der Waals surface area contributed by atoms with E-state index in [0.29, 0.717) is 13.1 Å². The molecule has 2 amide bonds. The fourth-order valence-corrected chi connectivity index (χ4v) is 2.22. The van der Waals surface area contributed by atoms with E-state index in [1.54, 1.807) is 4.90 Å². The molecule has 1 aliphatic rings. The van der Waals surface area contributed by atoms with Gasteiger partial charge in [-0.25, -0.2) is 4.79 Å². The number of rotatable bonds is 3. The van der Waals surface area contributed by atoms with Crippen LogP contribution in [0.1, 0.15) is 6.92 Å². The van der Waals surface area contributed by atoms with Crippen molar-refractivity contribution in [1.29, 1.82) is 0 Å². The molecule has 1 N–H and O–H groups in total. The zero-order valence-corrected chi connectivity index (χ0v) is 9.62. The molecule has 0 spiro atoms. The summed E-state index contributed by atoms with van der Waals surface area (Å²) in [5.74, 6) is -0.120. The Balaban J connectivity index is 1.94. The van der Waals surface area contributed by atoms with Gasteiger partial charge in [0.1, 0.15) is 11.1 Å². The molecule has 0 bridgehead atoms. The highest BCUT2D eigenvalue weighted by molar-refractivity contribution is 7.14. The van der Waals surface area contributed by atoms with E-state index in [1.165, 1.54) is 18.3 Å². The van der Waals surface area contributed by atoms with Crippen LogP contribution >= 0.6 is 11.3 Å². The van der Waals surface area contributed by atoms with Crippen molar-refractivity contribution in [3.63, 3.8) is 0 Å². The molecule has 1 saturated heterocycles. The third-order valence-electron chi connectivity index (χ3n) is 2.22. The summed E-state index contributed by atoms with van der Waals surface area (Å²) in [5.41, 5.74) is 0. The van der Waals surface area contributed by atoms with Crippen LogP contribution in [-0.4, -0.2) is 31.2 Å². The third-order valence-corrected chi connectivity index (χ3v) is 3.12. The van der Waals surface area contributed by atoms with Gasteiger partial charge in [0.2, 0.25) is 5.91 Å². The molecule has 16 heavy (non-hydrogen) atoms. The molecular weight excluding hydrogens is 228 g/mol. The Hall–Kier alpha value is -1.56.